The van der Waals surface area contributed by atoms with E-state index in [0.29, 0.717) is 12.8 Å². The van der Waals surface area contributed by atoms with Crippen LogP contribution in [0.3, 0.4) is 0 Å². The fourth-order valence-corrected chi connectivity index (χ4v) is 2.98. The molecule has 0 bridgehead atoms. The lowest BCUT2D eigenvalue weighted by Gasteiger charge is -2.11. The van der Waals surface area contributed by atoms with Crippen molar-refractivity contribution in [2.45, 2.75) is 24.2 Å². The number of aromatic carboxylic acids is 1. The lowest BCUT2D eigenvalue weighted by molar-refractivity contribution is -0.120. The molecule has 1 atom stereocenters. The molecule has 0 spiro atoms. The van der Waals surface area contributed by atoms with Gasteiger partial charge in [-0.2, -0.15) is 8.42 Å². The van der Waals surface area contributed by atoms with Gasteiger partial charge in [-0.25, -0.2) is 4.79 Å². The summed E-state index contributed by atoms with van der Waals surface area (Å²) >= 11 is 0. The summed E-state index contributed by atoms with van der Waals surface area (Å²) in [6, 6.07) is 2.64. The number of amides is 1. The van der Waals surface area contributed by atoms with E-state index in [1.54, 1.807) is 0 Å². The summed E-state index contributed by atoms with van der Waals surface area (Å²) in [5.41, 5.74) is -0.662. The maximum Gasteiger partial charge on any atom is 0.335 e. The van der Waals surface area contributed by atoms with E-state index in [0.717, 1.165) is 24.6 Å². The van der Waals surface area contributed by atoms with Gasteiger partial charge >= 0.3 is 5.97 Å². The highest BCUT2D eigenvalue weighted by Gasteiger charge is 2.25. The molecule has 2 rings (SSSR count). The zero-order valence-corrected chi connectivity index (χ0v) is 12.8. The van der Waals surface area contributed by atoms with Gasteiger partial charge in [-0.05, 0) is 31.0 Å². The van der Waals surface area contributed by atoms with Crippen molar-refractivity contribution in [1.82, 2.24) is 5.32 Å². The summed E-state index contributed by atoms with van der Waals surface area (Å²) in [6.07, 6.45) is 1.91. The van der Waals surface area contributed by atoms with Crippen molar-refractivity contribution in [2.24, 2.45) is 5.92 Å². The topological polar surface area (TPSA) is 138 Å². The SMILES string of the molecule is O=C(O)c1cc(C(=O)NC[C@@H]2CCCC2=O)cc(S(=O)(=O)O)c1. The number of carbonyl (C=O) groups is 3. The number of ketones is 1. The zero-order chi connectivity index (χ0) is 17.2. The van der Waals surface area contributed by atoms with Crippen LogP contribution in [0.2, 0.25) is 0 Å². The standard InChI is InChI=1S/C14H15NO7S/c16-12-3-1-2-8(12)7-15-13(17)9-4-10(14(18)19)6-11(5-9)23(20,21)22/h4-6,8H,1-3,7H2,(H,15,17)(H,18,19)(H,20,21,22)/t8-/m0/s1. The van der Waals surface area contributed by atoms with E-state index in [-0.39, 0.29) is 23.8 Å². The van der Waals surface area contributed by atoms with Crippen molar-refractivity contribution < 1.29 is 32.5 Å². The van der Waals surface area contributed by atoms with E-state index < -0.39 is 32.5 Å². The quantitative estimate of drug-likeness (QED) is 0.671. The molecular formula is C14H15NO7S. The lowest BCUT2D eigenvalue weighted by atomic mass is 10.1. The van der Waals surface area contributed by atoms with Crippen LogP contribution in [0.25, 0.3) is 0 Å². The molecule has 3 N–H and O–H groups in total. The number of benzene rings is 1. The van der Waals surface area contributed by atoms with Gasteiger partial charge in [-0.3, -0.25) is 14.1 Å². The van der Waals surface area contributed by atoms with Gasteiger partial charge in [-0.1, -0.05) is 0 Å². The van der Waals surface area contributed by atoms with Gasteiger partial charge in [-0.15, -0.1) is 0 Å². The van der Waals surface area contributed by atoms with Crippen LogP contribution < -0.4 is 5.32 Å². The summed E-state index contributed by atoms with van der Waals surface area (Å²) in [5, 5.41) is 11.5. The summed E-state index contributed by atoms with van der Waals surface area (Å²) in [5.74, 6) is -2.36. The molecule has 8 nitrogen and oxygen atoms in total. The molecule has 124 valence electrons. The second-order valence-electron chi connectivity index (χ2n) is 5.29. The minimum atomic E-state index is -4.65. The molecule has 0 unspecified atom stereocenters. The van der Waals surface area contributed by atoms with E-state index in [4.69, 9.17) is 9.66 Å². The van der Waals surface area contributed by atoms with Gasteiger partial charge in [0.15, 0.2) is 0 Å². The summed E-state index contributed by atoms with van der Waals surface area (Å²) in [6.45, 7) is 0.107. The molecule has 1 fully saturated rings. The van der Waals surface area contributed by atoms with Gasteiger partial charge in [0.1, 0.15) is 5.78 Å². The number of rotatable bonds is 5. The van der Waals surface area contributed by atoms with Crippen molar-refractivity contribution in [1.29, 1.82) is 0 Å². The molecule has 23 heavy (non-hydrogen) atoms. The highest BCUT2D eigenvalue weighted by atomic mass is 32.2. The van der Waals surface area contributed by atoms with Gasteiger partial charge in [0.2, 0.25) is 0 Å². The molecule has 0 heterocycles. The number of carbonyl (C=O) groups excluding carboxylic acids is 2. The number of hydrogen-bond donors (Lipinski definition) is 3. The van der Waals surface area contributed by atoms with Gasteiger partial charge in [0, 0.05) is 24.4 Å². The third-order valence-corrected chi connectivity index (χ3v) is 4.49. The number of hydrogen-bond acceptors (Lipinski definition) is 5. The van der Waals surface area contributed by atoms with Crippen LogP contribution in [0.1, 0.15) is 40.0 Å². The Bertz CT molecular complexity index is 769. The Hall–Kier alpha value is -2.26. The zero-order valence-electron chi connectivity index (χ0n) is 12.0. The van der Waals surface area contributed by atoms with Crippen molar-refractivity contribution in [3.8, 4) is 0 Å². The smallest absolute Gasteiger partial charge is 0.335 e. The van der Waals surface area contributed by atoms with E-state index in [1.165, 1.54) is 0 Å². The van der Waals surface area contributed by atoms with E-state index in [2.05, 4.69) is 5.32 Å². The average Bonchev–Trinajstić information content (AvgIpc) is 2.88. The second-order valence-corrected chi connectivity index (χ2v) is 6.71. The fourth-order valence-electron chi connectivity index (χ4n) is 2.42. The minimum Gasteiger partial charge on any atom is -0.478 e. The highest BCUT2D eigenvalue weighted by molar-refractivity contribution is 7.85. The first-order valence-electron chi connectivity index (χ1n) is 6.85. The summed E-state index contributed by atoms with van der Waals surface area (Å²) in [7, 11) is -4.65. The van der Waals surface area contributed by atoms with Gasteiger partial charge < -0.3 is 10.4 Å². The monoisotopic (exact) mass is 341 g/mol. The maximum absolute atomic E-state index is 12.1. The van der Waals surface area contributed by atoms with E-state index >= 15 is 0 Å². The molecule has 0 aliphatic heterocycles. The number of Topliss-reactive ketones (excluding diaryl/α,β-unsaturated/α-hetero) is 1. The summed E-state index contributed by atoms with van der Waals surface area (Å²) < 4.78 is 31.4. The van der Waals surface area contributed by atoms with Crippen LogP contribution in [0.4, 0.5) is 0 Å². The predicted octanol–water partition coefficient (Wildman–Crippen LogP) is 0.731. The molecule has 0 saturated heterocycles. The van der Waals surface area contributed by atoms with Crippen LogP contribution >= 0.6 is 0 Å². The number of carboxylic acid groups (broad SMARTS) is 1. The molecule has 1 aliphatic rings. The number of carboxylic acids is 1. The molecule has 1 saturated carbocycles. The van der Waals surface area contributed by atoms with Crippen LogP contribution in [0, 0.1) is 5.92 Å². The van der Waals surface area contributed by atoms with Crippen molar-refractivity contribution >= 4 is 27.8 Å². The van der Waals surface area contributed by atoms with Crippen molar-refractivity contribution in [3.05, 3.63) is 29.3 Å². The predicted molar refractivity (Wildman–Crippen MR) is 77.9 cm³/mol. The molecule has 1 aliphatic carbocycles. The van der Waals surface area contributed by atoms with Crippen LogP contribution in [-0.2, 0) is 14.9 Å². The first-order valence-corrected chi connectivity index (χ1v) is 8.29. The lowest BCUT2D eigenvalue weighted by Crippen LogP contribution is -2.31. The Morgan fingerprint density at radius 2 is 1.87 bits per heavy atom. The summed E-state index contributed by atoms with van der Waals surface area (Å²) in [4.78, 5) is 33.9. The third-order valence-electron chi connectivity index (χ3n) is 3.65. The fraction of sp³-hybridized carbons (Fsp3) is 0.357. The van der Waals surface area contributed by atoms with Crippen molar-refractivity contribution in [3.63, 3.8) is 0 Å². The third kappa shape index (κ3) is 4.14. The van der Waals surface area contributed by atoms with Crippen LogP contribution in [0.5, 0.6) is 0 Å². The molecule has 0 radical (unpaired) electrons. The Labute approximate surface area is 132 Å². The molecule has 9 heteroatoms. The normalized spacial score (nSPS) is 18.0. The Balaban J connectivity index is 2.23. The second kappa shape index (κ2) is 6.47. The van der Waals surface area contributed by atoms with Gasteiger partial charge in [0.05, 0.1) is 10.5 Å². The maximum atomic E-state index is 12.1. The Kier molecular flexibility index (Phi) is 4.81. The number of nitrogens with one attached hydrogen (secondary N) is 1. The first kappa shape index (κ1) is 17.1. The minimum absolute atomic E-state index is 0.0585. The largest absolute Gasteiger partial charge is 0.478 e. The molecule has 0 aromatic heterocycles. The van der Waals surface area contributed by atoms with E-state index in [1.807, 2.05) is 0 Å². The van der Waals surface area contributed by atoms with Crippen LogP contribution in [0.15, 0.2) is 23.1 Å². The highest BCUT2D eigenvalue weighted by Crippen LogP contribution is 2.21. The van der Waals surface area contributed by atoms with E-state index in [9.17, 15) is 22.8 Å². The molecule has 1 aromatic rings. The van der Waals surface area contributed by atoms with Gasteiger partial charge in [0.25, 0.3) is 16.0 Å². The van der Waals surface area contributed by atoms with Crippen LogP contribution in [-0.4, -0.2) is 42.3 Å². The average molecular weight is 341 g/mol. The Morgan fingerprint density at radius 1 is 1.22 bits per heavy atom. The Morgan fingerprint density at radius 3 is 2.39 bits per heavy atom. The molecule has 1 amide bonds. The molecular weight excluding hydrogens is 326 g/mol. The van der Waals surface area contributed by atoms with Crippen molar-refractivity contribution in [2.75, 3.05) is 6.54 Å². The first-order chi connectivity index (χ1) is 10.7. The molecule has 1 aromatic carbocycles.